The van der Waals surface area contributed by atoms with Crippen LogP contribution in [-0.2, 0) is 9.53 Å². The topological polar surface area (TPSA) is 100 Å². The fraction of sp³-hybridized carbons (Fsp3) is 0.321. The van der Waals surface area contributed by atoms with E-state index in [1.54, 1.807) is 33.1 Å². The molecule has 1 saturated heterocycles. The van der Waals surface area contributed by atoms with Crippen LogP contribution in [0.2, 0.25) is 0 Å². The minimum Gasteiger partial charge on any atom is -0.495 e. The molecule has 4 rings (SSSR count). The van der Waals surface area contributed by atoms with Gasteiger partial charge in [-0.2, -0.15) is 0 Å². The summed E-state index contributed by atoms with van der Waals surface area (Å²) in [6.45, 7) is 6.70. The predicted molar refractivity (Wildman–Crippen MR) is 150 cm³/mol. The molecule has 0 radical (unpaired) electrons. The summed E-state index contributed by atoms with van der Waals surface area (Å²) in [7, 11) is 1.66. The fourth-order valence-electron chi connectivity index (χ4n) is 4.39. The number of thiophene rings is 1. The second-order valence-electron chi connectivity index (χ2n) is 8.78. The lowest BCUT2D eigenvalue weighted by atomic mass is 10.1. The summed E-state index contributed by atoms with van der Waals surface area (Å²) in [4.78, 5) is 43.4. The monoisotopic (exact) mass is 536 g/mol. The molecule has 1 fully saturated rings. The molecule has 0 atom stereocenters. The van der Waals surface area contributed by atoms with Crippen molar-refractivity contribution >= 4 is 45.5 Å². The van der Waals surface area contributed by atoms with Gasteiger partial charge in [-0.15, -0.1) is 11.3 Å². The Hall–Kier alpha value is -3.89. The molecule has 1 aliphatic rings. The highest BCUT2D eigenvalue weighted by Crippen LogP contribution is 2.34. The minimum absolute atomic E-state index is 0.172. The highest BCUT2D eigenvalue weighted by atomic mass is 32.1. The Labute approximate surface area is 226 Å². The third-order valence-electron chi connectivity index (χ3n) is 6.28. The van der Waals surface area contributed by atoms with Gasteiger partial charge in [0.05, 0.1) is 31.5 Å². The molecule has 9 nitrogen and oxygen atoms in total. The van der Waals surface area contributed by atoms with E-state index < -0.39 is 11.9 Å². The first-order valence-electron chi connectivity index (χ1n) is 12.5. The van der Waals surface area contributed by atoms with Gasteiger partial charge in [0.15, 0.2) is 0 Å². The Morgan fingerprint density at radius 3 is 2.32 bits per heavy atom. The Morgan fingerprint density at radius 1 is 0.947 bits per heavy atom. The number of carbonyl (C=O) groups excluding carboxylic acids is 3. The maximum absolute atomic E-state index is 13.2. The molecular weight excluding hydrogens is 504 g/mol. The molecule has 10 heteroatoms. The van der Waals surface area contributed by atoms with E-state index in [-0.39, 0.29) is 24.6 Å². The van der Waals surface area contributed by atoms with Crippen molar-refractivity contribution in [2.24, 2.45) is 0 Å². The maximum atomic E-state index is 13.2. The predicted octanol–water partition coefficient (Wildman–Crippen LogP) is 4.25. The van der Waals surface area contributed by atoms with Crippen LogP contribution in [0.25, 0.3) is 0 Å². The third-order valence-corrected chi connectivity index (χ3v) is 7.47. The number of anilines is 3. The lowest BCUT2D eigenvalue weighted by molar-refractivity contribution is -0.117. The number of rotatable bonds is 9. The van der Waals surface area contributed by atoms with Crippen LogP contribution in [0.1, 0.15) is 32.5 Å². The highest BCUT2D eigenvalue weighted by molar-refractivity contribution is 7.18. The van der Waals surface area contributed by atoms with E-state index in [0.717, 1.165) is 35.9 Å². The number of amides is 2. The molecule has 0 spiro atoms. The minimum atomic E-state index is -0.517. The van der Waals surface area contributed by atoms with Crippen molar-refractivity contribution in [1.82, 2.24) is 4.90 Å². The molecule has 3 aromatic rings. The van der Waals surface area contributed by atoms with Crippen molar-refractivity contribution in [2.75, 3.05) is 62.0 Å². The first-order valence-corrected chi connectivity index (χ1v) is 13.3. The number of para-hydroxylation sites is 3. The fourth-order valence-corrected chi connectivity index (χ4v) is 5.50. The molecule has 0 saturated carbocycles. The third kappa shape index (κ3) is 6.32. The van der Waals surface area contributed by atoms with E-state index in [4.69, 9.17) is 9.47 Å². The first-order chi connectivity index (χ1) is 18.4. The second-order valence-corrected chi connectivity index (χ2v) is 9.80. The van der Waals surface area contributed by atoms with Gasteiger partial charge >= 0.3 is 5.97 Å². The van der Waals surface area contributed by atoms with E-state index >= 15 is 0 Å². The van der Waals surface area contributed by atoms with Crippen LogP contribution in [0, 0.1) is 6.92 Å². The van der Waals surface area contributed by atoms with Crippen molar-refractivity contribution in [3.63, 3.8) is 0 Å². The van der Waals surface area contributed by atoms with Gasteiger partial charge in [-0.3, -0.25) is 14.5 Å². The van der Waals surface area contributed by atoms with E-state index in [0.29, 0.717) is 34.2 Å². The molecule has 38 heavy (non-hydrogen) atoms. The molecule has 0 unspecified atom stereocenters. The summed E-state index contributed by atoms with van der Waals surface area (Å²) in [6, 6.07) is 16.9. The Balaban J connectivity index is 1.45. The van der Waals surface area contributed by atoms with Crippen LogP contribution < -0.4 is 20.3 Å². The van der Waals surface area contributed by atoms with Crippen molar-refractivity contribution in [1.29, 1.82) is 0 Å². The molecule has 1 aliphatic heterocycles. The first kappa shape index (κ1) is 27.2. The van der Waals surface area contributed by atoms with Crippen molar-refractivity contribution in [2.45, 2.75) is 13.8 Å². The lowest BCUT2D eigenvalue weighted by Crippen LogP contribution is -2.48. The molecule has 0 bridgehead atoms. The van der Waals surface area contributed by atoms with Crippen molar-refractivity contribution in [3.05, 3.63) is 70.6 Å². The molecule has 2 aromatic carbocycles. The van der Waals surface area contributed by atoms with Gasteiger partial charge in [0.2, 0.25) is 5.91 Å². The van der Waals surface area contributed by atoms with Crippen molar-refractivity contribution < 1.29 is 23.9 Å². The number of hydrogen-bond acceptors (Lipinski definition) is 8. The number of piperazine rings is 1. The normalized spacial score (nSPS) is 13.6. The van der Waals surface area contributed by atoms with Crippen LogP contribution in [0.5, 0.6) is 5.75 Å². The average Bonchev–Trinajstić information content (AvgIpc) is 3.25. The van der Waals surface area contributed by atoms with Gasteiger partial charge in [0.25, 0.3) is 5.91 Å². The van der Waals surface area contributed by atoms with Crippen LogP contribution in [0.4, 0.5) is 16.4 Å². The zero-order valence-corrected chi connectivity index (χ0v) is 22.6. The van der Waals surface area contributed by atoms with Gasteiger partial charge in [-0.25, -0.2) is 4.79 Å². The Kier molecular flexibility index (Phi) is 8.98. The Morgan fingerprint density at radius 2 is 1.63 bits per heavy atom. The number of methoxy groups -OCH3 is 1. The van der Waals surface area contributed by atoms with E-state index in [1.807, 2.05) is 42.5 Å². The van der Waals surface area contributed by atoms with Crippen molar-refractivity contribution in [3.8, 4) is 5.75 Å². The molecule has 0 aliphatic carbocycles. The summed E-state index contributed by atoms with van der Waals surface area (Å²) >= 11 is 1.06. The van der Waals surface area contributed by atoms with Crippen LogP contribution in [-0.4, -0.2) is 69.1 Å². The van der Waals surface area contributed by atoms with Gasteiger partial charge in [0.1, 0.15) is 15.6 Å². The van der Waals surface area contributed by atoms with E-state index in [2.05, 4.69) is 20.4 Å². The summed E-state index contributed by atoms with van der Waals surface area (Å²) in [5, 5.41) is 6.06. The molecule has 200 valence electrons. The summed E-state index contributed by atoms with van der Waals surface area (Å²) < 4.78 is 10.7. The molecular formula is C28H32N4O5S. The average molecular weight is 537 g/mol. The number of nitrogens with one attached hydrogen (secondary N) is 2. The number of esters is 1. The quantitative estimate of drug-likeness (QED) is 0.394. The van der Waals surface area contributed by atoms with Gasteiger partial charge in [-0.05, 0) is 43.7 Å². The summed E-state index contributed by atoms with van der Waals surface area (Å²) in [5.41, 5.74) is 2.39. The van der Waals surface area contributed by atoms with E-state index in [9.17, 15) is 14.4 Å². The number of benzene rings is 2. The van der Waals surface area contributed by atoms with Crippen LogP contribution in [0.15, 0.2) is 54.6 Å². The number of nitrogens with zero attached hydrogens (tertiary/aromatic N) is 2. The molecule has 2 heterocycles. The largest absolute Gasteiger partial charge is 0.495 e. The number of ether oxygens (including phenoxy) is 2. The number of carbonyl (C=O) groups is 3. The Bertz CT molecular complexity index is 1290. The zero-order valence-electron chi connectivity index (χ0n) is 21.8. The van der Waals surface area contributed by atoms with Gasteiger partial charge < -0.3 is 25.0 Å². The standard InChI is InChI=1S/C28H32N4O5S/c1-4-37-28(35)25-19(2)24(26(34)29-20-10-6-5-7-11-20)27(38-25)30-23(33)18-31-14-16-32(17-15-31)21-12-8-9-13-22(21)36-3/h5-13H,4,14-18H2,1-3H3,(H,29,34)(H,30,33). The van der Waals surface area contributed by atoms with Crippen LogP contribution >= 0.6 is 11.3 Å². The van der Waals surface area contributed by atoms with E-state index in [1.165, 1.54) is 0 Å². The summed E-state index contributed by atoms with van der Waals surface area (Å²) in [6.07, 6.45) is 0. The maximum Gasteiger partial charge on any atom is 0.348 e. The number of hydrogen-bond donors (Lipinski definition) is 2. The van der Waals surface area contributed by atoms with Crippen LogP contribution in [0.3, 0.4) is 0 Å². The molecule has 2 amide bonds. The second kappa shape index (κ2) is 12.6. The molecule has 2 N–H and O–H groups in total. The zero-order chi connectivity index (χ0) is 27.1. The smallest absolute Gasteiger partial charge is 0.348 e. The lowest BCUT2D eigenvalue weighted by Gasteiger charge is -2.36. The van der Waals surface area contributed by atoms with Gasteiger partial charge in [-0.1, -0.05) is 30.3 Å². The molecule has 1 aromatic heterocycles. The highest BCUT2D eigenvalue weighted by Gasteiger charge is 2.27. The summed E-state index contributed by atoms with van der Waals surface area (Å²) in [5.74, 6) is -0.343. The van der Waals surface area contributed by atoms with Gasteiger partial charge in [0, 0.05) is 31.9 Å². The SMILES string of the molecule is CCOC(=O)c1sc(NC(=O)CN2CCN(c3ccccc3OC)CC2)c(C(=O)Nc2ccccc2)c1C.